The van der Waals surface area contributed by atoms with E-state index in [1.807, 2.05) is 4.57 Å². The Labute approximate surface area is 76.6 Å². The second-order valence-electron chi connectivity index (χ2n) is 3.23. The number of aryl methyl sites for hydroxylation is 1. The first kappa shape index (κ1) is 8.71. The summed E-state index contributed by atoms with van der Waals surface area (Å²) in [5, 5.41) is 4.95. The lowest BCUT2D eigenvalue weighted by atomic mass is 10.4. The van der Waals surface area contributed by atoms with E-state index >= 15 is 0 Å². The van der Waals surface area contributed by atoms with Crippen LogP contribution in [0.5, 0.6) is 0 Å². The molecule has 0 spiro atoms. The van der Waals surface area contributed by atoms with Crippen molar-refractivity contribution in [2.45, 2.75) is 25.1 Å². The van der Waals surface area contributed by atoms with Gasteiger partial charge in [-0.15, -0.1) is 0 Å². The van der Waals surface area contributed by atoms with Crippen LogP contribution < -0.4 is 5.14 Å². The Morgan fingerprint density at radius 3 is 3.08 bits per heavy atom. The largest absolute Gasteiger partial charge is 0.331 e. The molecule has 0 unspecified atom stereocenters. The van der Waals surface area contributed by atoms with E-state index in [0.717, 1.165) is 25.2 Å². The highest BCUT2D eigenvalue weighted by Crippen LogP contribution is 2.16. The zero-order valence-corrected chi connectivity index (χ0v) is 7.92. The van der Waals surface area contributed by atoms with Gasteiger partial charge in [0.25, 0.3) is 0 Å². The standard InChI is InChI=1S/C7H11N3O2S/c8-13(11,12)5-6-4-9-7-2-1-3-10(6)7/h4H,1-3,5H2,(H2,8,11,12). The highest BCUT2D eigenvalue weighted by Gasteiger charge is 2.17. The average Bonchev–Trinajstić information content (AvgIpc) is 2.50. The first-order valence-electron chi connectivity index (χ1n) is 4.10. The lowest BCUT2D eigenvalue weighted by Gasteiger charge is -2.02. The van der Waals surface area contributed by atoms with Crippen LogP contribution >= 0.6 is 0 Å². The van der Waals surface area contributed by atoms with Crippen LogP contribution in [0.4, 0.5) is 0 Å². The van der Waals surface area contributed by atoms with Gasteiger partial charge in [-0.25, -0.2) is 18.5 Å². The van der Waals surface area contributed by atoms with E-state index in [9.17, 15) is 8.42 Å². The maximum atomic E-state index is 10.8. The third-order valence-electron chi connectivity index (χ3n) is 2.15. The van der Waals surface area contributed by atoms with Crippen LogP contribution in [-0.4, -0.2) is 18.0 Å². The van der Waals surface area contributed by atoms with Gasteiger partial charge in [0, 0.05) is 19.2 Å². The van der Waals surface area contributed by atoms with E-state index in [4.69, 9.17) is 5.14 Å². The summed E-state index contributed by atoms with van der Waals surface area (Å²) >= 11 is 0. The van der Waals surface area contributed by atoms with Crippen molar-refractivity contribution in [3.8, 4) is 0 Å². The molecule has 1 aliphatic rings. The van der Waals surface area contributed by atoms with Crippen molar-refractivity contribution < 1.29 is 8.42 Å². The molecule has 13 heavy (non-hydrogen) atoms. The third kappa shape index (κ3) is 1.73. The molecule has 1 aromatic rings. The molecule has 2 N–H and O–H groups in total. The molecule has 0 fully saturated rings. The summed E-state index contributed by atoms with van der Waals surface area (Å²) < 4.78 is 23.6. The highest BCUT2D eigenvalue weighted by atomic mass is 32.2. The molecule has 1 aromatic heterocycles. The molecule has 5 nitrogen and oxygen atoms in total. The molecule has 0 amide bonds. The number of fused-ring (bicyclic) bond motifs is 1. The minimum absolute atomic E-state index is 0.111. The molecular weight excluding hydrogens is 190 g/mol. The zero-order chi connectivity index (χ0) is 9.47. The topological polar surface area (TPSA) is 78.0 Å². The predicted molar refractivity (Wildman–Crippen MR) is 47.4 cm³/mol. The van der Waals surface area contributed by atoms with Gasteiger partial charge in [-0.1, -0.05) is 0 Å². The lowest BCUT2D eigenvalue weighted by Crippen LogP contribution is -2.16. The average molecular weight is 201 g/mol. The first-order valence-corrected chi connectivity index (χ1v) is 5.81. The van der Waals surface area contributed by atoms with Crippen LogP contribution in [0.3, 0.4) is 0 Å². The molecule has 1 aliphatic heterocycles. The molecule has 0 bridgehead atoms. The summed E-state index contributed by atoms with van der Waals surface area (Å²) in [6.45, 7) is 0.861. The van der Waals surface area contributed by atoms with Gasteiger partial charge in [0.05, 0.1) is 5.69 Å². The van der Waals surface area contributed by atoms with Crippen LogP contribution in [0.2, 0.25) is 0 Å². The van der Waals surface area contributed by atoms with Crippen LogP contribution in [0.25, 0.3) is 0 Å². The van der Waals surface area contributed by atoms with Crippen molar-refractivity contribution in [1.82, 2.24) is 9.55 Å². The van der Waals surface area contributed by atoms with Gasteiger partial charge in [-0.05, 0) is 6.42 Å². The van der Waals surface area contributed by atoms with Gasteiger partial charge in [0.1, 0.15) is 11.6 Å². The number of nitrogens with two attached hydrogens (primary N) is 1. The molecule has 2 rings (SSSR count). The Hall–Kier alpha value is -0.880. The van der Waals surface area contributed by atoms with Crippen LogP contribution in [0.15, 0.2) is 6.20 Å². The number of hydrogen-bond donors (Lipinski definition) is 1. The van der Waals surface area contributed by atoms with Gasteiger partial charge in [0.15, 0.2) is 0 Å². The van der Waals surface area contributed by atoms with Crippen LogP contribution in [-0.2, 0) is 28.7 Å². The molecule has 0 saturated heterocycles. The van der Waals surface area contributed by atoms with Crippen molar-refractivity contribution in [1.29, 1.82) is 0 Å². The number of hydrogen-bond acceptors (Lipinski definition) is 3. The summed E-state index contributed by atoms with van der Waals surface area (Å²) in [5.41, 5.74) is 0.704. The normalized spacial score (nSPS) is 16.1. The summed E-state index contributed by atoms with van der Waals surface area (Å²) in [6.07, 6.45) is 3.57. The third-order valence-corrected chi connectivity index (χ3v) is 2.85. The number of sulfonamides is 1. The van der Waals surface area contributed by atoms with Gasteiger partial charge >= 0.3 is 0 Å². The number of rotatable bonds is 2. The second kappa shape index (κ2) is 2.81. The van der Waals surface area contributed by atoms with Gasteiger partial charge in [-0.2, -0.15) is 0 Å². The Bertz CT molecular complexity index is 421. The molecule has 0 atom stereocenters. The fourth-order valence-electron chi connectivity index (χ4n) is 1.64. The van der Waals surface area contributed by atoms with Gasteiger partial charge < -0.3 is 4.57 Å². The quantitative estimate of drug-likeness (QED) is 0.708. The van der Waals surface area contributed by atoms with Crippen molar-refractivity contribution in [2.24, 2.45) is 5.14 Å². The number of nitrogens with zero attached hydrogens (tertiary/aromatic N) is 2. The maximum absolute atomic E-state index is 10.8. The SMILES string of the molecule is NS(=O)(=O)Cc1cnc2n1CCC2. The zero-order valence-electron chi connectivity index (χ0n) is 7.10. The fraction of sp³-hybridized carbons (Fsp3) is 0.571. The summed E-state index contributed by atoms with van der Waals surface area (Å²) in [7, 11) is -3.43. The monoisotopic (exact) mass is 201 g/mol. The molecule has 2 heterocycles. The van der Waals surface area contributed by atoms with E-state index in [1.54, 1.807) is 6.20 Å². The summed E-state index contributed by atoms with van der Waals surface area (Å²) in [4.78, 5) is 4.12. The minimum atomic E-state index is -3.43. The smallest absolute Gasteiger partial charge is 0.214 e. The maximum Gasteiger partial charge on any atom is 0.214 e. The summed E-state index contributed by atoms with van der Waals surface area (Å²) in [6, 6.07) is 0. The fourth-order valence-corrected chi connectivity index (χ4v) is 2.29. The van der Waals surface area contributed by atoms with Crippen molar-refractivity contribution in [3.05, 3.63) is 17.7 Å². The van der Waals surface area contributed by atoms with E-state index in [0.29, 0.717) is 5.69 Å². The van der Waals surface area contributed by atoms with Crippen molar-refractivity contribution >= 4 is 10.0 Å². The number of imidazole rings is 1. The molecule has 0 aromatic carbocycles. The summed E-state index contributed by atoms with van der Waals surface area (Å²) in [5.74, 6) is 0.860. The number of primary sulfonamides is 1. The molecule has 6 heteroatoms. The van der Waals surface area contributed by atoms with Gasteiger partial charge in [0.2, 0.25) is 10.0 Å². The lowest BCUT2D eigenvalue weighted by molar-refractivity contribution is 0.594. The van der Waals surface area contributed by atoms with Crippen molar-refractivity contribution in [3.63, 3.8) is 0 Å². The van der Waals surface area contributed by atoms with E-state index < -0.39 is 10.0 Å². The Balaban J connectivity index is 2.32. The van der Waals surface area contributed by atoms with E-state index in [-0.39, 0.29) is 5.75 Å². The van der Waals surface area contributed by atoms with Crippen LogP contribution in [0.1, 0.15) is 17.9 Å². The van der Waals surface area contributed by atoms with Crippen molar-refractivity contribution in [2.75, 3.05) is 0 Å². The Morgan fingerprint density at radius 1 is 1.62 bits per heavy atom. The van der Waals surface area contributed by atoms with E-state index in [2.05, 4.69) is 4.98 Å². The Kier molecular flexibility index (Phi) is 1.88. The van der Waals surface area contributed by atoms with E-state index in [1.165, 1.54) is 0 Å². The predicted octanol–water partition coefficient (Wildman–Crippen LogP) is -0.382. The molecule has 72 valence electrons. The Morgan fingerprint density at radius 2 is 2.38 bits per heavy atom. The molecular formula is C7H11N3O2S. The van der Waals surface area contributed by atoms with Crippen LogP contribution in [0, 0.1) is 0 Å². The van der Waals surface area contributed by atoms with Gasteiger partial charge in [-0.3, -0.25) is 0 Å². The second-order valence-corrected chi connectivity index (χ2v) is 4.84. The molecule has 0 saturated carbocycles. The molecule has 0 aliphatic carbocycles. The number of aromatic nitrogens is 2. The highest BCUT2D eigenvalue weighted by molar-refractivity contribution is 7.88. The molecule has 0 radical (unpaired) electrons. The first-order chi connectivity index (χ1) is 6.06. The minimum Gasteiger partial charge on any atom is -0.331 e.